The van der Waals surface area contributed by atoms with Crippen molar-refractivity contribution in [3.63, 3.8) is 0 Å². The molecule has 1 aromatic rings. The van der Waals surface area contributed by atoms with Gasteiger partial charge in [-0.3, -0.25) is 0 Å². The lowest BCUT2D eigenvalue weighted by molar-refractivity contribution is -0.0422. The van der Waals surface area contributed by atoms with Gasteiger partial charge >= 0.3 is 0 Å². The number of ether oxygens (including phenoxy) is 1. The Bertz CT molecular complexity index is 336. The monoisotopic (exact) mass is 233 g/mol. The van der Waals surface area contributed by atoms with Crippen molar-refractivity contribution in [2.45, 2.75) is 58.4 Å². The van der Waals surface area contributed by atoms with Crippen molar-refractivity contribution in [2.75, 3.05) is 0 Å². The van der Waals surface area contributed by atoms with Gasteiger partial charge in [-0.15, -0.1) is 0 Å². The molecule has 2 rings (SSSR count). The van der Waals surface area contributed by atoms with Crippen LogP contribution in [0.1, 0.15) is 37.8 Å². The maximum atomic E-state index is 5.74. The molecule has 0 saturated carbocycles. The minimum Gasteiger partial charge on any atom is -0.375 e. The zero-order valence-corrected chi connectivity index (χ0v) is 11.1. The summed E-state index contributed by atoms with van der Waals surface area (Å²) < 4.78 is 5.74. The van der Waals surface area contributed by atoms with E-state index in [2.05, 4.69) is 50.4 Å². The predicted octanol–water partition coefficient (Wildman–Crippen LogP) is 3.04. The van der Waals surface area contributed by atoms with Crippen LogP contribution in [0.4, 0.5) is 0 Å². The van der Waals surface area contributed by atoms with Crippen LogP contribution in [0.15, 0.2) is 24.3 Å². The fourth-order valence-electron chi connectivity index (χ4n) is 2.54. The van der Waals surface area contributed by atoms with Gasteiger partial charge in [0.25, 0.3) is 0 Å². The fourth-order valence-corrected chi connectivity index (χ4v) is 2.54. The van der Waals surface area contributed by atoms with Gasteiger partial charge < -0.3 is 10.1 Å². The molecule has 17 heavy (non-hydrogen) atoms. The van der Waals surface area contributed by atoms with Gasteiger partial charge in [0.1, 0.15) is 0 Å². The van der Waals surface area contributed by atoms with Gasteiger partial charge in [0.05, 0.1) is 12.2 Å². The minimum absolute atomic E-state index is 0.384. The summed E-state index contributed by atoms with van der Waals surface area (Å²) in [5.74, 6) is 0. The van der Waals surface area contributed by atoms with Crippen LogP contribution in [0.3, 0.4) is 0 Å². The maximum Gasteiger partial charge on any atom is 0.0565 e. The zero-order valence-electron chi connectivity index (χ0n) is 11.1. The molecule has 94 valence electrons. The number of benzene rings is 1. The Morgan fingerprint density at radius 1 is 1.12 bits per heavy atom. The summed E-state index contributed by atoms with van der Waals surface area (Å²) in [6.45, 7) is 7.41. The second kappa shape index (κ2) is 5.65. The number of rotatable bonds is 3. The highest BCUT2D eigenvalue weighted by Gasteiger charge is 2.23. The van der Waals surface area contributed by atoms with Gasteiger partial charge in [0.15, 0.2) is 0 Å². The van der Waals surface area contributed by atoms with Crippen LogP contribution in [-0.2, 0) is 11.3 Å². The van der Waals surface area contributed by atoms with Crippen LogP contribution < -0.4 is 5.32 Å². The average Bonchev–Trinajstić information content (AvgIpc) is 2.27. The molecule has 0 radical (unpaired) electrons. The van der Waals surface area contributed by atoms with Crippen LogP contribution in [0.25, 0.3) is 0 Å². The van der Waals surface area contributed by atoms with Crippen molar-refractivity contribution < 1.29 is 4.74 Å². The second-order valence-corrected chi connectivity index (χ2v) is 5.29. The molecule has 1 aliphatic rings. The van der Waals surface area contributed by atoms with Crippen molar-refractivity contribution in [1.82, 2.24) is 5.32 Å². The first-order chi connectivity index (χ1) is 8.13. The molecule has 1 fully saturated rings. The van der Waals surface area contributed by atoms with E-state index in [9.17, 15) is 0 Å². The van der Waals surface area contributed by atoms with Crippen molar-refractivity contribution in [3.8, 4) is 0 Å². The molecule has 0 amide bonds. The van der Waals surface area contributed by atoms with E-state index in [0.29, 0.717) is 18.2 Å². The molecule has 2 unspecified atom stereocenters. The molecular formula is C15H23NO. The quantitative estimate of drug-likeness (QED) is 0.866. The van der Waals surface area contributed by atoms with E-state index < -0.39 is 0 Å². The number of aryl methyl sites for hydroxylation is 1. The molecule has 1 N–H and O–H groups in total. The molecule has 2 atom stereocenters. The standard InChI is InChI=1S/C15H23NO/c1-11-4-6-14(7-5-11)10-16-15-8-12(2)17-13(3)9-15/h4-7,12-13,15-16H,8-10H2,1-3H3. The van der Waals surface area contributed by atoms with Gasteiger partial charge in [-0.2, -0.15) is 0 Å². The van der Waals surface area contributed by atoms with E-state index >= 15 is 0 Å². The molecule has 1 heterocycles. The first kappa shape index (κ1) is 12.6. The molecule has 1 aromatic carbocycles. The molecule has 2 nitrogen and oxygen atoms in total. The molecule has 2 heteroatoms. The van der Waals surface area contributed by atoms with E-state index in [1.54, 1.807) is 0 Å². The fraction of sp³-hybridized carbons (Fsp3) is 0.600. The van der Waals surface area contributed by atoms with Gasteiger partial charge in [0.2, 0.25) is 0 Å². The van der Waals surface area contributed by atoms with Crippen molar-refractivity contribution in [2.24, 2.45) is 0 Å². The predicted molar refractivity (Wildman–Crippen MR) is 71.0 cm³/mol. The molecule has 0 aromatic heterocycles. The van der Waals surface area contributed by atoms with Crippen molar-refractivity contribution >= 4 is 0 Å². The Balaban J connectivity index is 1.83. The number of hydrogen-bond donors (Lipinski definition) is 1. The summed E-state index contributed by atoms with van der Waals surface area (Å²) in [7, 11) is 0. The van der Waals surface area contributed by atoms with E-state index in [-0.39, 0.29) is 0 Å². The Labute approximate surface area is 104 Å². The third-order valence-electron chi connectivity index (χ3n) is 3.41. The minimum atomic E-state index is 0.384. The summed E-state index contributed by atoms with van der Waals surface area (Å²) >= 11 is 0. The van der Waals surface area contributed by atoms with Crippen molar-refractivity contribution in [3.05, 3.63) is 35.4 Å². The molecule has 1 saturated heterocycles. The molecule has 0 aliphatic carbocycles. The lowest BCUT2D eigenvalue weighted by Crippen LogP contribution is -2.40. The highest BCUT2D eigenvalue weighted by Crippen LogP contribution is 2.19. The third kappa shape index (κ3) is 3.83. The average molecular weight is 233 g/mol. The molecule has 0 spiro atoms. The summed E-state index contributed by atoms with van der Waals surface area (Å²) in [6, 6.07) is 9.34. The normalized spacial score (nSPS) is 29.2. The highest BCUT2D eigenvalue weighted by atomic mass is 16.5. The summed E-state index contributed by atoms with van der Waals surface area (Å²) in [4.78, 5) is 0. The lowest BCUT2D eigenvalue weighted by Gasteiger charge is -2.32. The van der Waals surface area contributed by atoms with Crippen molar-refractivity contribution in [1.29, 1.82) is 0 Å². The Hall–Kier alpha value is -0.860. The maximum absolute atomic E-state index is 5.74. The molecule has 1 aliphatic heterocycles. The largest absolute Gasteiger partial charge is 0.375 e. The number of hydrogen-bond acceptors (Lipinski definition) is 2. The Morgan fingerprint density at radius 3 is 2.29 bits per heavy atom. The molecular weight excluding hydrogens is 210 g/mol. The van der Waals surface area contributed by atoms with E-state index in [4.69, 9.17) is 4.74 Å². The van der Waals surface area contributed by atoms with E-state index in [1.807, 2.05) is 0 Å². The summed E-state index contributed by atoms with van der Waals surface area (Å²) in [6.07, 6.45) is 3.01. The summed E-state index contributed by atoms with van der Waals surface area (Å²) in [5.41, 5.74) is 2.68. The van der Waals surface area contributed by atoms with Gasteiger partial charge in [-0.1, -0.05) is 29.8 Å². The topological polar surface area (TPSA) is 21.3 Å². The van der Waals surface area contributed by atoms with Gasteiger partial charge in [0, 0.05) is 12.6 Å². The summed E-state index contributed by atoms with van der Waals surface area (Å²) in [5, 5.41) is 3.64. The van der Waals surface area contributed by atoms with Crippen LogP contribution >= 0.6 is 0 Å². The SMILES string of the molecule is Cc1ccc(CNC2CC(C)OC(C)C2)cc1. The zero-order chi connectivity index (χ0) is 12.3. The van der Waals surface area contributed by atoms with Crippen LogP contribution in [0.5, 0.6) is 0 Å². The van der Waals surface area contributed by atoms with E-state index in [1.165, 1.54) is 11.1 Å². The highest BCUT2D eigenvalue weighted by molar-refractivity contribution is 5.21. The van der Waals surface area contributed by atoms with Gasteiger partial charge in [-0.05, 0) is 39.2 Å². The lowest BCUT2D eigenvalue weighted by atomic mass is 9.99. The Morgan fingerprint density at radius 2 is 1.71 bits per heavy atom. The molecule has 0 bridgehead atoms. The third-order valence-corrected chi connectivity index (χ3v) is 3.41. The van der Waals surface area contributed by atoms with Gasteiger partial charge in [-0.25, -0.2) is 0 Å². The first-order valence-electron chi connectivity index (χ1n) is 6.58. The van der Waals surface area contributed by atoms with Crippen LogP contribution in [0.2, 0.25) is 0 Å². The van der Waals surface area contributed by atoms with Crippen LogP contribution in [-0.4, -0.2) is 18.2 Å². The number of nitrogens with one attached hydrogen (secondary N) is 1. The van der Waals surface area contributed by atoms with E-state index in [0.717, 1.165) is 19.4 Å². The Kier molecular flexibility index (Phi) is 4.19. The first-order valence-corrected chi connectivity index (χ1v) is 6.58. The second-order valence-electron chi connectivity index (χ2n) is 5.29. The smallest absolute Gasteiger partial charge is 0.0565 e. The van der Waals surface area contributed by atoms with Crippen LogP contribution in [0, 0.1) is 6.92 Å².